The van der Waals surface area contributed by atoms with Gasteiger partial charge in [0.2, 0.25) is 5.76 Å². The van der Waals surface area contributed by atoms with Crippen molar-refractivity contribution in [1.82, 2.24) is 4.90 Å². The lowest BCUT2D eigenvalue weighted by atomic mass is 9.97. The summed E-state index contributed by atoms with van der Waals surface area (Å²) >= 11 is 6.25. The van der Waals surface area contributed by atoms with Gasteiger partial charge in [-0.25, -0.2) is 0 Å². The van der Waals surface area contributed by atoms with Crippen LogP contribution in [0, 0.1) is 13.8 Å². The molecular weight excluding hydrogens is 414 g/mol. The summed E-state index contributed by atoms with van der Waals surface area (Å²) in [6.45, 7) is 8.76. The monoisotopic (exact) mass is 439 g/mol. The molecule has 0 fully saturated rings. The molecule has 0 N–H and O–H groups in total. The third-order valence-corrected chi connectivity index (χ3v) is 5.79. The second-order valence-electron chi connectivity index (χ2n) is 8.36. The van der Waals surface area contributed by atoms with Crippen molar-refractivity contribution in [2.24, 2.45) is 0 Å². The molecule has 1 unspecified atom stereocenters. The maximum atomic E-state index is 13.6. The van der Waals surface area contributed by atoms with Crippen LogP contribution in [0.15, 0.2) is 45.6 Å². The lowest BCUT2D eigenvalue weighted by molar-refractivity contribution is 0.0593. The fourth-order valence-corrected chi connectivity index (χ4v) is 4.48. The zero-order chi connectivity index (χ0) is 22.3. The molecule has 2 aromatic carbocycles. The quantitative estimate of drug-likeness (QED) is 0.481. The second-order valence-corrected chi connectivity index (χ2v) is 8.80. The van der Waals surface area contributed by atoms with E-state index in [2.05, 4.69) is 0 Å². The number of ether oxygens (including phenoxy) is 1. The van der Waals surface area contributed by atoms with Gasteiger partial charge in [0.25, 0.3) is 5.91 Å². The van der Waals surface area contributed by atoms with Crippen LogP contribution < -0.4 is 5.43 Å². The molecule has 6 heteroatoms. The Bertz CT molecular complexity index is 1210. The Morgan fingerprint density at radius 2 is 1.94 bits per heavy atom. The Labute approximate surface area is 186 Å². The molecule has 31 heavy (non-hydrogen) atoms. The van der Waals surface area contributed by atoms with Gasteiger partial charge in [-0.2, -0.15) is 0 Å². The van der Waals surface area contributed by atoms with Crippen molar-refractivity contribution in [2.45, 2.75) is 46.3 Å². The molecule has 1 amide bonds. The van der Waals surface area contributed by atoms with Crippen LogP contribution in [-0.4, -0.2) is 30.1 Å². The maximum Gasteiger partial charge on any atom is 0.290 e. The van der Waals surface area contributed by atoms with E-state index in [1.165, 1.54) is 0 Å². The number of fused-ring (bicyclic) bond motifs is 2. The van der Waals surface area contributed by atoms with Gasteiger partial charge in [0.15, 0.2) is 5.43 Å². The second kappa shape index (κ2) is 8.48. The molecule has 2 heterocycles. The van der Waals surface area contributed by atoms with Gasteiger partial charge in [-0.05, 0) is 69.0 Å². The number of hydrogen-bond donors (Lipinski definition) is 0. The summed E-state index contributed by atoms with van der Waals surface area (Å²) in [5, 5.41) is 1.06. The number of aryl methyl sites for hydroxylation is 2. The number of amides is 1. The number of benzene rings is 2. The molecule has 1 aromatic heterocycles. The number of carbonyl (C=O) groups excluding carboxylic acids is 1. The van der Waals surface area contributed by atoms with Crippen LogP contribution in [0.2, 0.25) is 5.02 Å². The lowest BCUT2D eigenvalue weighted by Gasteiger charge is -2.25. The Kier molecular flexibility index (Phi) is 5.91. The Balaban J connectivity index is 1.86. The molecule has 1 atom stereocenters. The number of hydrogen-bond acceptors (Lipinski definition) is 4. The number of nitrogens with zero attached hydrogens (tertiary/aromatic N) is 1. The highest BCUT2D eigenvalue weighted by Crippen LogP contribution is 2.39. The van der Waals surface area contributed by atoms with E-state index in [1.807, 2.05) is 52.0 Å². The van der Waals surface area contributed by atoms with Crippen molar-refractivity contribution in [3.63, 3.8) is 0 Å². The molecule has 0 radical (unpaired) electrons. The van der Waals surface area contributed by atoms with Gasteiger partial charge in [-0.1, -0.05) is 29.8 Å². The fraction of sp³-hybridized carbons (Fsp3) is 0.360. The van der Waals surface area contributed by atoms with Crippen LogP contribution in [0.4, 0.5) is 0 Å². The smallest absolute Gasteiger partial charge is 0.290 e. The molecular formula is C25H26ClNO4. The molecule has 4 rings (SSSR count). The number of carbonyl (C=O) groups is 1. The summed E-state index contributed by atoms with van der Waals surface area (Å²) in [7, 11) is 0. The summed E-state index contributed by atoms with van der Waals surface area (Å²) in [6, 6.07) is 10.5. The predicted molar refractivity (Wildman–Crippen MR) is 122 cm³/mol. The van der Waals surface area contributed by atoms with E-state index in [0.717, 1.165) is 16.7 Å². The molecule has 0 saturated carbocycles. The minimum Gasteiger partial charge on any atom is -0.450 e. The van der Waals surface area contributed by atoms with Gasteiger partial charge in [0.05, 0.1) is 23.1 Å². The maximum absolute atomic E-state index is 13.6. The van der Waals surface area contributed by atoms with E-state index in [-0.39, 0.29) is 23.2 Å². The molecule has 0 bridgehead atoms. The van der Waals surface area contributed by atoms with Crippen LogP contribution in [0.25, 0.3) is 11.0 Å². The summed E-state index contributed by atoms with van der Waals surface area (Å²) < 4.78 is 11.7. The first kappa shape index (κ1) is 21.6. The SMILES string of the molecule is Cc1cc(C)c2oc3c(c(=O)c2c1)C(c1cccc(Cl)c1)N(CCCOC(C)C)C3=O. The first-order chi connectivity index (χ1) is 14.8. The minimum absolute atomic E-state index is 0.120. The van der Waals surface area contributed by atoms with Crippen molar-refractivity contribution < 1.29 is 13.9 Å². The van der Waals surface area contributed by atoms with Crippen molar-refractivity contribution in [2.75, 3.05) is 13.2 Å². The van der Waals surface area contributed by atoms with E-state index < -0.39 is 6.04 Å². The normalized spacial score (nSPS) is 15.9. The summed E-state index contributed by atoms with van der Waals surface area (Å²) in [4.78, 5) is 28.7. The highest BCUT2D eigenvalue weighted by molar-refractivity contribution is 6.30. The lowest BCUT2D eigenvalue weighted by Crippen LogP contribution is -2.31. The Morgan fingerprint density at radius 3 is 2.65 bits per heavy atom. The topological polar surface area (TPSA) is 59.8 Å². The highest BCUT2D eigenvalue weighted by atomic mass is 35.5. The molecule has 1 aliphatic heterocycles. The van der Waals surface area contributed by atoms with Crippen LogP contribution in [0.1, 0.15) is 59.1 Å². The van der Waals surface area contributed by atoms with Gasteiger partial charge in [0.1, 0.15) is 5.58 Å². The van der Waals surface area contributed by atoms with Crippen LogP contribution >= 0.6 is 11.6 Å². The van der Waals surface area contributed by atoms with E-state index >= 15 is 0 Å². The molecule has 0 saturated heterocycles. The Hall–Kier alpha value is -2.63. The first-order valence-corrected chi connectivity index (χ1v) is 10.9. The molecule has 3 aromatic rings. The highest BCUT2D eigenvalue weighted by Gasteiger charge is 2.42. The molecule has 5 nitrogen and oxygen atoms in total. The van der Waals surface area contributed by atoms with Crippen molar-refractivity contribution in [3.05, 3.63) is 79.7 Å². The van der Waals surface area contributed by atoms with Gasteiger partial charge in [-0.3, -0.25) is 9.59 Å². The summed E-state index contributed by atoms with van der Waals surface area (Å²) in [5.74, 6) is -0.150. The third kappa shape index (κ3) is 4.00. The van der Waals surface area contributed by atoms with Gasteiger partial charge in [0, 0.05) is 18.2 Å². The minimum atomic E-state index is -0.540. The van der Waals surface area contributed by atoms with Gasteiger partial charge in [-0.15, -0.1) is 0 Å². The molecule has 162 valence electrons. The fourth-order valence-electron chi connectivity index (χ4n) is 4.28. The zero-order valence-electron chi connectivity index (χ0n) is 18.2. The van der Waals surface area contributed by atoms with Crippen molar-refractivity contribution >= 4 is 28.5 Å². The number of halogens is 1. The summed E-state index contributed by atoms with van der Waals surface area (Å²) in [5.41, 5.74) is 3.30. The predicted octanol–water partition coefficient (Wildman–Crippen LogP) is 5.42. The largest absolute Gasteiger partial charge is 0.450 e. The average molecular weight is 440 g/mol. The third-order valence-electron chi connectivity index (χ3n) is 5.56. The van der Waals surface area contributed by atoms with E-state index in [9.17, 15) is 9.59 Å². The van der Waals surface area contributed by atoms with Crippen molar-refractivity contribution in [1.29, 1.82) is 0 Å². The van der Waals surface area contributed by atoms with Gasteiger partial charge < -0.3 is 14.1 Å². The standard InChI is InChI=1S/C25H26ClNO4/c1-14(2)30-10-6-9-27-21(17-7-5-8-18(26)13-17)20-22(28)19-12-15(3)11-16(4)23(19)31-24(20)25(27)29/h5,7-8,11-14,21H,6,9-10H2,1-4H3. The van der Waals surface area contributed by atoms with E-state index in [1.54, 1.807) is 17.0 Å². The van der Waals surface area contributed by atoms with E-state index in [0.29, 0.717) is 41.1 Å². The molecule has 0 aliphatic carbocycles. The molecule has 0 spiro atoms. The van der Waals surface area contributed by atoms with Crippen molar-refractivity contribution in [3.8, 4) is 0 Å². The first-order valence-electron chi connectivity index (χ1n) is 10.5. The van der Waals surface area contributed by atoms with E-state index in [4.69, 9.17) is 20.8 Å². The van der Waals surface area contributed by atoms with Crippen LogP contribution in [-0.2, 0) is 4.74 Å². The Morgan fingerprint density at radius 1 is 1.16 bits per heavy atom. The van der Waals surface area contributed by atoms with Crippen LogP contribution in [0.5, 0.6) is 0 Å². The zero-order valence-corrected chi connectivity index (χ0v) is 19.0. The van der Waals surface area contributed by atoms with Gasteiger partial charge >= 0.3 is 0 Å². The summed E-state index contributed by atoms with van der Waals surface area (Å²) in [6.07, 6.45) is 0.774. The average Bonchev–Trinajstić information content (AvgIpc) is 2.98. The van der Waals surface area contributed by atoms with Crippen LogP contribution in [0.3, 0.4) is 0 Å². The molecule has 1 aliphatic rings. The number of rotatable bonds is 6.